The maximum Gasteiger partial charge on any atom is 0.157 e. The third-order valence-corrected chi connectivity index (χ3v) is 3.84. The second-order valence-corrected chi connectivity index (χ2v) is 5.31. The molecule has 0 heterocycles. The van der Waals surface area contributed by atoms with Crippen LogP contribution in [0.15, 0.2) is 18.2 Å². The lowest BCUT2D eigenvalue weighted by molar-refractivity contribution is 0.0245. The fourth-order valence-corrected chi connectivity index (χ4v) is 2.65. The summed E-state index contributed by atoms with van der Waals surface area (Å²) in [5.41, 5.74) is 6.55. The predicted molar refractivity (Wildman–Crippen MR) is 74.1 cm³/mol. The third-order valence-electron chi connectivity index (χ3n) is 3.84. The second kappa shape index (κ2) is 6.78. The van der Waals surface area contributed by atoms with Crippen LogP contribution in [-0.4, -0.2) is 23.4 Å². The molecule has 1 unspecified atom stereocenters. The van der Waals surface area contributed by atoms with Crippen molar-refractivity contribution in [3.63, 3.8) is 0 Å². The van der Waals surface area contributed by atoms with Crippen molar-refractivity contribution >= 4 is 0 Å². The average molecular weight is 265 g/mol. The molecule has 106 valence electrons. The molecule has 4 nitrogen and oxygen atoms in total. The van der Waals surface area contributed by atoms with E-state index in [2.05, 4.69) is 0 Å². The summed E-state index contributed by atoms with van der Waals surface area (Å²) in [5.74, 6) is 0.387. The van der Waals surface area contributed by atoms with Gasteiger partial charge in [0.15, 0.2) is 11.5 Å². The second-order valence-electron chi connectivity index (χ2n) is 5.31. The topological polar surface area (TPSA) is 75.7 Å². The van der Waals surface area contributed by atoms with Gasteiger partial charge in [0, 0.05) is 6.54 Å². The molecule has 2 rings (SSSR count). The molecule has 0 aromatic heterocycles. The van der Waals surface area contributed by atoms with Gasteiger partial charge < -0.3 is 20.7 Å². The summed E-state index contributed by atoms with van der Waals surface area (Å²) in [6.07, 6.45) is 6.18. The van der Waals surface area contributed by atoms with Crippen LogP contribution in [0.2, 0.25) is 0 Å². The zero-order chi connectivity index (χ0) is 13.7. The molecule has 4 N–H and O–H groups in total. The maximum atomic E-state index is 9.52. The van der Waals surface area contributed by atoms with Crippen molar-refractivity contribution in [2.75, 3.05) is 13.2 Å². The van der Waals surface area contributed by atoms with Gasteiger partial charge in [-0.3, -0.25) is 0 Å². The number of hydrogen-bond donors (Lipinski definition) is 3. The van der Waals surface area contributed by atoms with Gasteiger partial charge in [0.2, 0.25) is 0 Å². The monoisotopic (exact) mass is 265 g/mol. The number of phenolic OH excluding ortho intramolecular Hbond substituents is 2. The quantitative estimate of drug-likeness (QED) is 0.715. The first-order valence-electron chi connectivity index (χ1n) is 7.04. The summed E-state index contributed by atoms with van der Waals surface area (Å²) in [6, 6.07) is 4.73. The van der Waals surface area contributed by atoms with E-state index in [1.54, 1.807) is 6.07 Å². The van der Waals surface area contributed by atoms with E-state index in [1.165, 1.54) is 44.2 Å². The molecular weight excluding hydrogens is 242 g/mol. The van der Waals surface area contributed by atoms with Gasteiger partial charge >= 0.3 is 0 Å². The van der Waals surface area contributed by atoms with Crippen molar-refractivity contribution in [3.05, 3.63) is 23.8 Å². The lowest BCUT2D eigenvalue weighted by atomic mass is 9.90. The van der Waals surface area contributed by atoms with Crippen molar-refractivity contribution in [2.45, 2.75) is 38.2 Å². The van der Waals surface area contributed by atoms with Crippen LogP contribution in [0.3, 0.4) is 0 Å². The first-order chi connectivity index (χ1) is 9.20. The number of ether oxygens (including phenoxy) is 1. The van der Waals surface area contributed by atoms with E-state index < -0.39 is 0 Å². The Hall–Kier alpha value is -1.26. The summed E-state index contributed by atoms with van der Waals surface area (Å²) in [6.45, 7) is 1.10. The molecule has 1 aliphatic carbocycles. The standard InChI is InChI=1S/C15H23NO3/c16-9-15(12-6-7-13(17)14(18)8-12)19-10-11-4-2-1-3-5-11/h6-8,11,15,17-18H,1-5,9-10,16H2. The van der Waals surface area contributed by atoms with Gasteiger partial charge in [-0.15, -0.1) is 0 Å². The van der Waals surface area contributed by atoms with Crippen LogP contribution in [0.5, 0.6) is 11.5 Å². The minimum atomic E-state index is -0.214. The predicted octanol–water partition coefficient (Wildman–Crippen LogP) is 2.69. The molecule has 0 aliphatic heterocycles. The van der Waals surface area contributed by atoms with E-state index in [0.717, 1.165) is 12.2 Å². The number of hydrogen-bond acceptors (Lipinski definition) is 4. The average Bonchev–Trinajstić information content (AvgIpc) is 2.44. The smallest absolute Gasteiger partial charge is 0.157 e. The zero-order valence-electron chi connectivity index (χ0n) is 11.2. The van der Waals surface area contributed by atoms with Crippen LogP contribution in [0.1, 0.15) is 43.8 Å². The van der Waals surface area contributed by atoms with Gasteiger partial charge in [-0.2, -0.15) is 0 Å². The molecule has 1 fully saturated rings. The van der Waals surface area contributed by atoms with Crippen LogP contribution in [-0.2, 0) is 4.74 Å². The van der Waals surface area contributed by atoms with Crippen LogP contribution in [0, 0.1) is 5.92 Å². The van der Waals surface area contributed by atoms with Gasteiger partial charge in [0.25, 0.3) is 0 Å². The SMILES string of the molecule is NCC(OCC1CCCCC1)c1ccc(O)c(O)c1. The van der Waals surface area contributed by atoms with E-state index in [4.69, 9.17) is 10.5 Å². The highest BCUT2D eigenvalue weighted by Crippen LogP contribution is 2.30. The van der Waals surface area contributed by atoms with Gasteiger partial charge in [-0.1, -0.05) is 25.3 Å². The number of rotatable bonds is 5. The summed E-state index contributed by atoms with van der Waals surface area (Å²) in [5, 5.41) is 18.8. The number of nitrogens with two attached hydrogens (primary N) is 1. The lowest BCUT2D eigenvalue weighted by Gasteiger charge is -2.24. The molecule has 4 heteroatoms. The van der Waals surface area contributed by atoms with E-state index in [0.29, 0.717) is 12.5 Å². The van der Waals surface area contributed by atoms with E-state index in [-0.39, 0.29) is 17.6 Å². The summed E-state index contributed by atoms with van der Waals surface area (Å²) < 4.78 is 5.89. The first-order valence-corrected chi connectivity index (χ1v) is 7.04. The first kappa shape index (κ1) is 14.2. The summed E-state index contributed by atoms with van der Waals surface area (Å²) >= 11 is 0. The number of aromatic hydroxyl groups is 2. The Balaban J connectivity index is 1.93. The molecule has 0 bridgehead atoms. The molecule has 1 aromatic rings. The van der Waals surface area contributed by atoms with Gasteiger partial charge in [-0.25, -0.2) is 0 Å². The summed E-state index contributed by atoms with van der Waals surface area (Å²) in [7, 11) is 0. The van der Waals surface area contributed by atoms with Crippen LogP contribution in [0.4, 0.5) is 0 Å². The normalized spacial score (nSPS) is 18.4. The third kappa shape index (κ3) is 3.85. The van der Waals surface area contributed by atoms with Crippen molar-refractivity contribution < 1.29 is 14.9 Å². The van der Waals surface area contributed by atoms with Gasteiger partial charge in [0.05, 0.1) is 12.7 Å². The molecule has 1 saturated carbocycles. The fourth-order valence-electron chi connectivity index (χ4n) is 2.65. The van der Waals surface area contributed by atoms with Crippen molar-refractivity contribution in [1.29, 1.82) is 0 Å². The Kier molecular flexibility index (Phi) is 5.05. The fraction of sp³-hybridized carbons (Fsp3) is 0.600. The van der Waals surface area contributed by atoms with Crippen molar-refractivity contribution in [1.82, 2.24) is 0 Å². The highest BCUT2D eigenvalue weighted by molar-refractivity contribution is 5.41. The minimum Gasteiger partial charge on any atom is -0.504 e. The number of benzene rings is 1. The molecule has 0 radical (unpaired) electrons. The van der Waals surface area contributed by atoms with Gasteiger partial charge in [0.1, 0.15) is 0 Å². The molecule has 0 spiro atoms. The van der Waals surface area contributed by atoms with Crippen LogP contribution < -0.4 is 5.73 Å². The minimum absolute atomic E-state index is 0.119. The Labute approximate surface area is 114 Å². The molecule has 1 aliphatic rings. The van der Waals surface area contributed by atoms with Crippen LogP contribution in [0.25, 0.3) is 0 Å². The van der Waals surface area contributed by atoms with E-state index in [1.807, 2.05) is 0 Å². The maximum absolute atomic E-state index is 9.52. The van der Waals surface area contributed by atoms with Crippen molar-refractivity contribution in [2.24, 2.45) is 11.7 Å². The highest BCUT2D eigenvalue weighted by Gasteiger charge is 2.17. The van der Waals surface area contributed by atoms with Gasteiger partial charge in [-0.05, 0) is 36.5 Å². The Bertz CT molecular complexity index is 402. The molecule has 0 saturated heterocycles. The van der Waals surface area contributed by atoms with E-state index >= 15 is 0 Å². The Morgan fingerprint density at radius 3 is 2.53 bits per heavy atom. The zero-order valence-corrected chi connectivity index (χ0v) is 11.2. The van der Waals surface area contributed by atoms with Crippen LogP contribution >= 0.6 is 0 Å². The molecular formula is C15H23NO3. The molecule has 1 atom stereocenters. The highest BCUT2D eigenvalue weighted by atomic mass is 16.5. The Morgan fingerprint density at radius 2 is 1.89 bits per heavy atom. The molecule has 1 aromatic carbocycles. The Morgan fingerprint density at radius 1 is 1.16 bits per heavy atom. The van der Waals surface area contributed by atoms with Crippen molar-refractivity contribution in [3.8, 4) is 11.5 Å². The molecule has 19 heavy (non-hydrogen) atoms. The number of phenols is 2. The lowest BCUT2D eigenvalue weighted by Crippen LogP contribution is -2.21. The largest absolute Gasteiger partial charge is 0.504 e. The van der Waals surface area contributed by atoms with E-state index in [9.17, 15) is 10.2 Å². The summed E-state index contributed by atoms with van der Waals surface area (Å²) in [4.78, 5) is 0. The molecule has 0 amide bonds.